The van der Waals surface area contributed by atoms with Gasteiger partial charge in [0.2, 0.25) is 0 Å². The molecule has 0 aromatic carbocycles. The zero-order valence-corrected chi connectivity index (χ0v) is 16.4. The van der Waals surface area contributed by atoms with Crippen molar-refractivity contribution < 1.29 is 0 Å². The van der Waals surface area contributed by atoms with Crippen LogP contribution in [0.4, 0.5) is 0 Å². The first-order chi connectivity index (χ1) is 11.2. The molecule has 0 atom stereocenters. The van der Waals surface area contributed by atoms with Gasteiger partial charge in [0, 0.05) is 38.4 Å². The Morgan fingerprint density at radius 2 is 2.17 bits per heavy atom. The van der Waals surface area contributed by atoms with Gasteiger partial charge in [-0.15, -0.1) is 40.8 Å². The van der Waals surface area contributed by atoms with E-state index in [2.05, 4.69) is 37.4 Å². The first-order valence-corrected chi connectivity index (χ1v) is 7.58. The second kappa shape index (κ2) is 10.7. The Bertz CT molecular complexity index is 652. The first-order valence-electron chi connectivity index (χ1n) is 7.58. The number of hydrogen-bond donors (Lipinski definition) is 2. The Kier molecular flexibility index (Phi) is 8.98. The van der Waals surface area contributed by atoms with Crippen LogP contribution >= 0.6 is 24.0 Å². The van der Waals surface area contributed by atoms with Crippen LogP contribution in [0.2, 0.25) is 0 Å². The van der Waals surface area contributed by atoms with Crippen LogP contribution in [-0.4, -0.2) is 38.8 Å². The van der Waals surface area contributed by atoms with Crippen LogP contribution in [-0.2, 0) is 20.0 Å². The molecule has 7 nitrogen and oxygen atoms in total. The van der Waals surface area contributed by atoms with Crippen LogP contribution in [0, 0.1) is 6.92 Å². The average Bonchev–Trinajstić information content (AvgIpc) is 2.89. The lowest BCUT2D eigenvalue weighted by Crippen LogP contribution is -2.38. The molecule has 0 spiro atoms. The van der Waals surface area contributed by atoms with Crippen molar-refractivity contribution in [2.24, 2.45) is 12.0 Å². The van der Waals surface area contributed by atoms with Crippen LogP contribution in [0.3, 0.4) is 0 Å². The SMILES string of the molecule is C=CCNC(=NCc1nnc(C)n1C)NCCc1ccccn1.I. The van der Waals surface area contributed by atoms with E-state index >= 15 is 0 Å². The summed E-state index contributed by atoms with van der Waals surface area (Å²) in [6, 6.07) is 5.92. The highest BCUT2D eigenvalue weighted by Crippen LogP contribution is 1.99. The molecular formula is C16H24IN7. The third kappa shape index (κ3) is 6.26. The largest absolute Gasteiger partial charge is 0.356 e. The fourth-order valence-corrected chi connectivity index (χ4v) is 1.94. The molecule has 2 heterocycles. The van der Waals surface area contributed by atoms with E-state index in [1.54, 1.807) is 12.3 Å². The minimum Gasteiger partial charge on any atom is -0.356 e. The number of aromatic nitrogens is 4. The van der Waals surface area contributed by atoms with E-state index in [0.29, 0.717) is 13.1 Å². The highest BCUT2D eigenvalue weighted by Gasteiger charge is 2.05. The standard InChI is InChI=1S/C16H23N7.HI/c1-4-9-18-16(19-11-8-14-7-5-6-10-17-14)20-12-15-22-21-13(2)23(15)3;/h4-7,10H,1,8-9,11-12H2,2-3H3,(H2,18,19,20);1H. The van der Waals surface area contributed by atoms with E-state index in [4.69, 9.17) is 0 Å². The van der Waals surface area contributed by atoms with Crippen LogP contribution < -0.4 is 10.6 Å². The molecule has 0 aliphatic rings. The molecule has 0 amide bonds. The maximum Gasteiger partial charge on any atom is 0.191 e. The number of nitrogens with one attached hydrogen (secondary N) is 2. The van der Waals surface area contributed by atoms with E-state index in [-0.39, 0.29) is 24.0 Å². The molecule has 0 bridgehead atoms. The molecule has 0 unspecified atom stereocenters. The number of halogens is 1. The van der Waals surface area contributed by atoms with Crippen molar-refractivity contribution in [1.82, 2.24) is 30.4 Å². The minimum atomic E-state index is 0. The Balaban J connectivity index is 0.00000288. The third-order valence-electron chi connectivity index (χ3n) is 3.37. The monoisotopic (exact) mass is 441 g/mol. The molecule has 0 aliphatic carbocycles. The smallest absolute Gasteiger partial charge is 0.191 e. The van der Waals surface area contributed by atoms with Crippen molar-refractivity contribution in [3.63, 3.8) is 0 Å². The molecule has 2 N–H and O–H groups in total. The Morgan fingerprint density at radius 1 is 1.33 bits per heavy atom. The summed E-state index contributed by atoms with van der Waals surface area (Å²) in [4.78, 5) is 8.85. The Labute approximate surface area is 159 Å². The Morgan fingerprint density at radius 3 is 2.79 bits per heavy atom. The van der Waals surface area contributed by atoms with Crippen molar-refractivity contribution in [2.75, 3.05) is 13.1 Å². The van der Waals surface area contributed by atoms with Gasteiger partial charge in [-0.05, 0) is 19.1 Å². The summed E-state index contributed by atoms with van der Waals surface area (Å²) in [6.07, 6.45) is 4.43. The molecule has 0 saturated heterocycles. The number of aliphatic imine (C=N–C) groups is 1. The van der Waals surface area contributed by atoms with Crippen molar-refractivity contribution >= 4 is 29.9 Å². The van der Waals surface area contributed by atoms with Crippen LogP contribution in [0.15, 0.2) is 42.0 Å². The molecule has 2 aromatic heterocycles. The summed E-state index contributed by atoms with van der Waals surface area (Å²) in [5.41, 5.74) is 1.05. The van der Waals surface area contributed by atoms with E-state index in [9.17, 15) is 0 Å². The van der Waals surface area contributed by atoms with Crippen LogP contribution in [0.5, 0.6) is 0 Å². The number of hydrogen-bond acceptors (Lipinski definition) is 4. The average molecular weight is 441 g/mol. The third-order valence-corrected chi connectivity index (χ3v) is 3.37. The summed E-state index contributed by atoms with van der Waals surface area (Å²) >= 11 is 0. The number of rotatable bonds is 7. The maximum absolute atomic E-state index is 4.54. The van der Waals surface area contributed by atoms with Gasteiger partial charge in [0.15, 0.2) is 11.8 Å². The van der Waals surface area contributed by atoms with E-state index < -0.39 is 0 Å². The zero-order chi connectivity index (χ0) is 16.5. The summed E-state index contributed by atoms with van der Waals surface area (Å²) in [5, 5.41) is 14.6. The second-order valence-corrected chi connectivity index (χ2v) is 5.05. The van der Waals surface area contributed by atoms with E-state index in [0.717, 1.165) is 36.3 Å². The first kappa shape index (κ1) is 20.1. The fraction of sp³-hybridized carbons (Fsp3) is 0.375. The molecule has 0 fully saturated rings. The van der Waals surface area contributed by atoms with Gasteiger partial charge in [0.05, 0.1) is 0 Å². The van der Waals surface area contributed by atoms with E-state index in [1.807, 2.05) is 36.7 Å². The van der Waals surface area contributed by atoms with Gasteiger partial charge in [-0.25, -0.2) is 4.99 Å². The van der Waals surface area contributed by atoms with Crippen LogP contribution in [0.1, 0.15) is 17.3 Å². The maximum atomic E-state index is 4.54. The van der Waals surface area contributed by atoms with Gasteiger partial charge >= 0.3 is 0 Å². The number of nitrogens with zero attached hydrogens (tertiary/aromatic N) is 5. The lowest BCUT2D eigenvalue weighted by Gasteiger charge is -2.11. The molecular weight excluding hydrogens is 417 g/mol. The fourth-order valence-electron chi connectivity index (χ4n) is 1.94. The zero-order valence-electron chi connectivity index (χ0n) is 14.1. The quantitative estimate of drug-likeness (QED) is 0.295. The van der Waals surface area contributed by atoms with Crippen molar-refractivity contribution in [3.8, 4) is 0 Å². The molecule has 2 aromatic rings. The molecule has 2 rings (SSSR count). The summed E-state index contributed by atoms with van der Waals surface area (Å²) in [7, 11) is 1.94. The molecule has 0 saturated carbocycles. The summed E-state index contributed by atoms with van der Waals surface area (Å²) in [6.45, 7) is 7.49. The van der Waals surface area contributed by atoms with Gasteiger partial charge in [0.25, 0.3) is 0 Å². The topological polar surface area (TPSA) is 80.0 Å². The number of aryl methyl sites for hydroxylation is 1. The van der Waals surface area contributed by atoms with Gasteiger partial charge in [-0.2, -0.15) is 0 Å². The normalized spacial score (nSPS) is 10.8. The lowest BCUT2D eigenvalue weighted by atomic mass is 10.3. The number of pyridine rings is 1. The van der Waals surface area contributed by atoms with Crippen molar-refractivity contribution in [1.29, 1.82) is 0 Å². The number of guanidine groups is 1. The molecule has 0 aliphatic heterocycles. The summed E-state index contributed by atoms with van der Waals surface area (Å²) < 4.78 is 1.93. The van der Waals surface area contributed by atoms with Gasteiger partial charge in [0.1, 0.15) is 12.4 Å². The van der Waals surface area contributed by atoms with Gasteiger partial charge in [-0.1, -0.05) is 12.1 Å². The van der Waals surface area contributed by atoms with E-state index in [1.165, 1.54) is 0 Å². The molecule has 8 heteroatoms. The molecule has 24 heavy (non-hydrogen) atoms. The molecule has 130 valence electrons. The summed E-state index contributed by atoms with van der Waals surface area (Å²) in [5.74, 6) is 2.42. The highest BCUT2D eigenvalue weighted by atomic mass is 127. The predicted molar refractivity (Wildman–Crippen MR) is 106 cm³/mol. The highest BCUT2D eigenvalue weighted by molar-refractivity contribution is 14.0. The van der Waals surface area contributed by atoms with Gasteiger partial charge in [-0.3, -0.25) is 4.98 Å². The van der Waals surface area contributed by atoms with Crippen molar-refractivity contribution in [2.45, 2.75) is 19.9 Å². The lowest BCUT2D eigenvalue weighted by molar-refractivity contribution is 0.754. The second-order valence-electron chi connectivity index (χ2n) is 5.05. The molecule has 0 radical (unpaired) electrons. The Hall–Kier alpha value is -1.97. The van der Waals surface area contributed by atoms with Crippen LogP contribution in [0.25, 0.3) is 0 Å². The van der Waals surface area contributed by atoms with Crippen molar-refractivity contribution in [3.05, 3.63) is 54.4 Å². The minimum absolute atomic E-state index is 0. The van der Waals surface area contributed by atoms with Gasteiger partial charge < -0.3 is 15.2 Å². The predicted octanol–water partition coefficient (Wildman–Crippen LogP) is 1.60.